The monoisotopic (exact) mass is 368 g/mol. The molecule has 26 heavy (non-hydrogen) atoms. The molecule has 2 aromatic carbocycles. The number of nitrogens with one attached hydrogen (secondary N) is 2. The minimum Gasteiger partial charge on any atom is -0.459 e. The molecule has 1 aromatic heterocycles. The summed E-state index contributed by atoms with van der Waals surface area (Å²) in [5, 5.41) is 6.27. The molecule has 6 heteroatoms. The molecule has 132 valence electrons. The van der Waals surface area contributed by atoms with E-state index in [2.05, 4.69) is 10.6 Å². The van der Waals surface area contributed by atoms with Crippen LogP contribution >= 0.6 is 11.6 Å². The third-order valence-corrected chi connectivity index (χ3v) is 4.01. The first kappa shape index (κ1) is 17.8. The van der Waals surface area contributed by atoms with E-state index in [1.807, 2.05) is 24.3 Å². The molecule has 1 heterocycles. The van der Waals surface area contributed by atoms with Gasteiger partial charge in [-0.2, -0.15) is 0 Å². The number of amides is 2. The standard InChI is InChI=1S/C20H17ClN2O3/c21-16-7-3-14(4-8-16)11-12-22-19(24)15-5-9-17(10-6-15)23-20(25)18-2-1-13-26-18/h1-10,13H,11-12H2,(H,22,24)(H,23,25). The first-order valence-electron chi connectivity index (χ1n) is 8.09. The van der Waals surface area contributed by atoms with Crippen LogP contribution in [-0.2, 0) is 6.42 Å². The number of rotatable bonds is 6. The van der Waals surface area contributed by atoms with Crippen LogP contribution in [0.2, 0.25) is 5.02 Å². The molecule has 0 saturated carbocycles. The van der Waals surface area contributed by atoms with E-state index in [0.29, 0.717) is 22.8 Å². The molecule has 0 unspecified atom stereocenters. The Hall–Kier alpha value is -3.05. The largest absolute Gasteiger partial charge is 0.459 e. The summed E-state index contributed by atoms with van der Waals surface area (Å²) < 4.78 is 5.03. The summed E-state index contributed by atoms with van der Waals surface area (Å²) in [7, 11) is 0. The third-order valence-electron chi connectivity index (χ3n) is 3.76. The summed E-state index contributed by atoms with van der Waals surface area (Å²) in [5.41, 5.74) is 2.21. The van der Waals surface area contributed by atoms with E-state index in [-0.39, 0.29) is 17.6 Å². The fraction of sp³-hybridized carbons (Fsp3) is 0.100. The van der Waals surface area contributed by atoms with Crippen molar-refractivity contribution in [1.29, 1.82) is 0 Å². The Labute approximate surface area is 156 Å². The molecule has 0 spiro atoms. The summed E-state index contributed by atoms with van der Waals surface area (Å²) in [6, 6.07) is 17.4. The zero-order chi connectivity index (χ0) is 18.4. The van der Waals surface area contributed by atoms with Crippen LogP contribution in [0.1, 0.15) is 26.5 Å². The Morgan fingerprint density at radius 1 is 0.923 bits per heavy atom. The van der Waals surface area contributed by atoms with Crippen molar-refractivity contribution in [3.63, 3.8) is 0 Å². The van der Waals surface area contributed by atoms with Crippen LogP contribution in [0.25, 0.3) is 0 Å². The van der Waals surface area contributed by atoms with E-state index >= 15 is 0 Å². The predicted molar refractivity (Wildman–Crippen MR) is 101 cm³/mol. The van der Waals surface area contributed by atoms with Gasteiger partial charge in [0.2, 0.25) is 0 Å². The summed E-state index contributed by atoms with van der Waals surface area (Å²) in [5.74, 6) is -0.271. The summed E-state index contributed by atoms with van der Waals surface area (Å²) >= 11 is 5.85. The van der Waals surface area contributed by atoms with Gasteiger partial charge in [0.15, 0.2) is 5.76 Å². The lowest BCUT2D eigenvalue weighted by atomic mass is 10.1. The molecule has 0 aliphatic heterocycles. The summed E-state index contributed by atoms with van der Waals surface area (Å²) in [6.07, 6.45) is 2.16. The van der Waals surface area contributed by atoms with Crippen molar-refractivity contribution in [2.45, 2.75) is 6.42 Å². The molecule has 3 aromatic rings. The van der Waals surface area contributed by atoms with Crippen molar-refractivity contribution in [2.75, 3.05) is 11.9 Å². The van der Waals surface area contributed by atoms with E-state index in [9.17, 15) is 9.59 Å². The van der Waals surface area contributed by atoms with Crippen LogP contribution in [0, 0.1) is 0 Å². The number of carbonyl (C=O) groups is 2. The van der Waals surface area contributed by atoms with Crippen molar-refractivity contribution in [3.05, 3.63) is 88.8 Å². The van der Waals surface area contributed by atoms with E-state index < -0.39 is 0 Å². The highest BCUT2D eigenvalue weighted by atomic mass is 35.5. The fourth-order valence-corrected chi connectivity index (χ4v) is 2.50. The van der Waals surface area contributed by atoms with E-state index in [4.69, 9.17) is 16.0 Å². The van der Waals surface area contributed by atoms with Gasteiger partial charge >= 0.3 is 0 Å². The van der Waals surface area contributed by atoms with E-state index in [1.165, 1.54) is 6.26 Å². The fourth-order valence-electron chi connectivity index (χ4n) is 2.38. The van der Waals surface area contributed by atoms with Gasteiger partial charge in [0.05, 0.1) is 6.26 Å². The maximum Gasteiger partial charge on any atom is 0.291 e. The van der Waals surface area contributed by atoms with Crippen molar-refractivity contribution in [3.8, 4) is 0 Å². The molecule has 5 nitrogen and oxygen atoms in total. The Bertz CT molecular complexity index is 872. The highest BCUT2D eigenvalue weighted by Gasteiger charge is 2.10. The van der Waals surface area contributed by atoms with Gasteiger partial charge in [-0.25, -0.2) is 0 Å². The number of furan rings is 1. The van der Waals surface area contributed by atoms with Crippen LogP contribution in [0.15, 0.2) is 71.3 Å². The van der Waals surface area contributed by atoms with Gasteiger partial charge in [0.25, 0.3) is 11.8 Å². The third kappa shape index (κ3) is 4.74. The molecule has 0 fully saturated rings. The zero-order valence-electron chi connectivity index (χ0n) is 13.9. The summed E-state index contributed by atoms with van der Waals surface area (Å²) in [6.45, 7) is 0.525. The second kappa shape index (κ2) is 8.36. The highest BCUT2D eigenvalue weighted by Crippen LogP contribution is 2.12. The van der Waals surface area contributed by atoms with E-state index in [0.717, 1.165) is 12.0 Å². The molecule has 0 saturated heterocycles. The second-order valence-electron chi connectivity index (χ2n) is 5.64. The molecule has 2 amide bonds. The topological polar surface area (TPSA) is 71.3 Å². The highest BCUT2D eigenvalue weighted by molar-refractivity contribution is 6.30. The van der Waals surface area contributed by atoms with Gasteiger partial charge in [-0.05, 0) is 60.5 Å². The minimum absolute atomic E-state index is 0.164. The lowest BCUT2D eigenvalue weighted by Gasteiger charge is -2.07. The molecule has 0 aliphatic carbocycles. The van der Waals surface area contributed by atoms with Crippen molar-refractivity contribution < 1.29 is 14.0 Å². The van der Waals surface area contributed by atoms with Crippen molar-refractivity contribution in [2.24, 2.45) is 0 Å². The van der Waals surface area contributed by atoms with Crippen LogP contribution in [0.3, 0.4) is 0 Å². The van der Waals surface area contributed by atoms with Gasteiger partial charge < -0.3 is 15.1 Å². The maximum atomic E-state index is 12.2. The van der Waals surface area contributed by atoms with Gasteiger partial charge in [0.1, 0.15) is 0 Å². The second-order valence-corrected chi connectivity index (χ2v) is 6.08. The van der Waals surface area contributed by atoms with Crippen LogP contribution in [0.4, 0.5) is 5.69 Å². The number of carbonyl (C=O) groups excluding carboxylic acids is 2. The number of anilines is 1. The number of benzene rings is 2. The first-order valence-corrected chi connectivity index (χ1v) is 8.47. The predicted octanol–water partition coefficient (Wildman–Crippen LogP) is 4.16. The first-order chi connectivity index (χ1) is 12.6. The minimum atomic E-state index is -0.338. The lowest BCUT2D eigenvalue weighted by molar-refractivity contribution is 0.0953. The van der Waals surface area contributed by atoms with Crippen LogP contribution in [-0.4, -0.2) is 18.4 Å². The zero-order valence-corrected chi connectivity index (χ0v) is 14.6. The Morgan fingerprint density at radius 3 is 2.31 bits per heavy atom. The molecule has 3 rings (SSSR count). The molecule has 0 aliphatic rings. The number of halogens is 1. The summed E-state index contributed by atoms with van der Waals surface area (Å²) in [4.78, 5) is 24.1. The average molecular weight is 369 g/mol. The van der Waals surface area contributed by atoms with Gasteiger partial charge in [-0.3, -0.25) is 9.59 Å². The number of hydrogen-bond acceptors (Lipinski definition) is 3. The van der Waals surface area contributed by atoms with Crippen LogP contribution < -0.4 is 10.6 Å². The SMILES string of the molecule is O=C(NCCc1ccc(Cl)cc1)c1ccc(NC(=O)c2ccco2)cc1. The molecular formula is C20H17ClN2O3. The smallest absolute Gasteiger partial charge is 0.291 e. The van der Waals surface area contributed by atoms with Gasteiger partial charge in [-0.15, -0.1) is 0 Å². The number of hydrogen-bond donors (Lipinski definition) is 2. The average Bonchev–Trinajstić information content (AvgIpc) is 3.19. The molecule has 2 N–H and O–H groups in total. The van der Waals surface area contributed by atoms with Crippen molar-refractivity contribution >= 4 is 29.1 Å². The molecule has 0 atom stereocenters. The Kier molecular flexibility index (Phi) is 5.71. The lowest BCUT2D eigenvalue weighted by Crippen LogP contribution is -2.25. The Morgan fingerprint density at radius 2 is 1.65 bits per heavy atom. The van der Waals surface area contributed by atoms with Crippen LogP contribution in [0.5, 0.6) is 0 Å². The molecule has 0 bridgehead atoms. The van der Waals surface area contributed by atoms with Gasteiger partial charge in [0, 0.05) is 22.8 Å². The normalized spacial score (nSPS) is 10.3. The Balaban J connectivity index is 1.50. The van der Waals surface area contributed by atoms with E-state index in [1.54, 1.807) is 36.4 Å². The molecular weight excluding hydrogens is 352 g/mol. The van der Waals surface area contributed by atoms with Crippen molar-refractivity contribution in [1.82, 2.24) is 5.32 Å². The molecule has 0 radical (unpaired) electrons. The van der Waals surface area contributed by atoms with Gasteiger partial charge in [-0.1, -0.05) is 23.7 Å². The maximum absolute atomic E-state index is 12.2. The quantitative estimate of drug-likeness (QED) is 0.686.